The van der Waals surface area contributed by atoms with Crippen LogP contribution in [0.15, 0.2) is 55.4 Å². The minimum atomic E-state index is -0.861. The summed E-state index contributed by atoms with van der Waals surface area (Å²) in [4.78, 5) is 15.3. The molecule has 0 radical (unpaired) electrons. The second-order valence-corrected chi connectivity index (χ2v) is 6.40. The number of aromatic nitrogens is 6. The van der Waals surface area contributed by atoms with Crippen molar-refractivity contribution in [1.82, 2.24) is 39.1 Å². The third kappa shape index (κ3) is 5.76. The monoisotopic (exact) mass is 372 g/mol. The molecule has 1 atom stereocenters. The van der Waals surface area contributed by atoms with Crippen molar-refractivity contribution < 1.29 is 9.90 Å². The molecule has 1 N–H and O–H groups in total. The number of nitrogens with zero attached hydrogens (tertiary/aromatic N) is 8. The fourth-order valence-corrected chi connectivity index (χ4v) is 2.91. The number of rotatable bonds is 11. The van der Waals surface area contributed by atoms with E-state index in [1.54, 1.807) is 23.3 Å². The Balaban J connectivity index is 1.69. The normalized spacial score (nSPS) is 12.7. The van der Waals surface area contributed by atoms with E-state index in [0.717, 1.165) is 0 Å². The van der Waals surface area contributed by atoms with Gasteiger partial charge in [-0.05, 0) is 25.1 Å². The van der Waals surface area contributed by atoms with E-state index in [-0.39, 0.29) is 12.6 Å². The van der Waals surface area contributed by atoms with Gasteiger partial charge in [0.05, 0.1) is 26.6 Å². The van der Waals surface area contributed by atoms with Gasteiger partial charge in [0, 0.05) is 49.8 Å². The van der Waals surface area contributed by atoms with Gasteiger partial charge in [0.2, 0.25) is 0 Å². The van der Waals surface area contributed by atoms with Crippen LogP contribution >= 0.6 is 0 Å². The average Bonchev–Trinajstić information content (AvgIpc) is 3.37. The molecule has 1 unspecified atom stereocenters. The Morgan fingerprint density at radius 1 is 0.926 bits per heavy atom. The summed E-state index contributed by atoms with van der Waals surface area (Å²) in [6.45, 7) is 4.16. The van der Waals surface area contributed by atoms with Crippen molar-refractivity contribution in [2.45, 2.75) is 33.0 Å². The molecule has 144 valence electrons. The molecule has 10 nitrogen and oxygen atoms in total. The Bertz CT molecular complexity index is 749. The van der Waals surface area contributed by atoms with Gasteiger partial charge in [-0.2, -0.15) is 15.3 Å². The van der Waals surface area contributed by atoms with Crippen molar-refractivity contribution in [2.24, 2.45) is 0 Å². The summed E-state index contributed by atoms with van der Waals surface area (Å²) >= 11 is 0. The smallest absolute Gasteiger partial charge is 0.317 e. The maximum absolute atomic E-state index is 11.3. The van der Waals surface area contributed by atoms with Crippen molar-refractivity contribution in [3.63, 3.8) is 0 Å². The zero-order valence-corrected chi connectivity index (χ0v) is 15.2. The Hall–Kier alpha value is -2.98. The topological polar surface area (TPSA) is 97.2 Å². The molecular weight excluding hydrogens is 348 g/mol. The van der Waals surface area contributed by atoms with Crippen molar-refractivity contribution in [3.05, 3.63) is 55.4 Å². The van der Waals surface area contributed by atoms with Crippen LogP contribution in [0.4, 0.5) is 0 Å². The molecule has 27 heavy (non-hydrogen) atoms. The van der Waals surface area contributed by atoms with Crippen LogP contribution in [0.2, 0.25) is 0 Å². The zero-order chi connectivity index (χ0) is 19.1. The average molecular weight is 372 g/mol. The Morgan fingerprint density at radius 2 is 1.41 bits per heavy atom. The van der Waals surface area contributed by atoms with E-state index < -0.39 is 5.97 Å². The van der Waals surface area contributed by atoms with E-state index in [1.165, 1.54) is 0 Å². The first-order chi connectivity index (χ1) is 13.1. The highest BCUT2D eigenvalue weighted by molar-refractivity contribution is 5.69. The predicted molar refractivity (Wildman–Crippen MR) is 97.2 cm³/mol. The Kier molecular flexibility index (Phi) is 6.34. The lowest BCUT2D eigenvalue weighted by atomic mass is 10.3. The third-order valence-electron chi connectivity index (χ3n) is 4.18. The van der Waals surface area contributed by atoms with E-state index in [0.29, 0.717) is 26.6 Å². The standard InChI is InChI=1S/C17H24N8O2/c1-16(11-21(12-17(26)27)13-23-8-2-5-18-23)22(14-24-9-3-6-19-24)15-25-10-4-7-20-25/h2-10,16H,11-15H2,1H3,(H,26,27). The maximum atomic E-state index is 11.3. The molecule has 0 amide bonds. The molecule has 3 aromatic rings. The molecule has 3 rings (SSSR count). The van der Waals surface area contributed by atoms with Crippen LogP contribution in [0, 0.1) is 0 Å². The molecule has 0 spiro atoms. The van der Waals surface area contributed by atoms with Gasteiger partial charge in [0.15, 0.2) is 0 Å². The van der Waals surface area contributed by atoms with Crippen LogP contribution in [0.5, 0.6) is 0 Å². The van der Waals surface area contributed by atoms with Crippen LogP contribution in [-0.2, 0) is 24.8 Å². The Labute approximate surface area is 157 Å². The van der Waals surface area contributed by atoms with E-state index in [1.807, 2.05) is 51.1 Å². The molecule has 10 heteroatoms. The summed E-state index contributed by atoms with van der Waals surface area (Å²) in [5.74, 6) is -0.861. The van der Waals surface area contributed by atoms with Gasteiger partial charge in [0.1, 0.15) is 0 Å². The Morgan fingerprint density at radius 3 is 1.81 bits per heavy atom. The second-order valence-electron chi connectivity index (χ2n) is 6.40. The molecule has 0 bridgehead atoms. The summed E-state index contributed by atoms with van der Waals surface area (Å²) in [5, 5.41) is 22.0. The van der Waals surface area contributed by atoms with E-state index in [2.05, 4.69) is 27.1 Å². The van der Waals surface area contributed by atoms with Crippen molar-refractivity contribution >= 4 is 5.97 Å². The van der Waals surface area contributed by atoms with E-state index >= 15 is 0 Å². The van der Waals surface area contributed by atoms with Crippen LogP contribution < -0.4 is 0 Å². The molecular formula is C17H24N8O2. The number of carbonyl (C=O) groups is 1. The van der Waals surface area contributed by atoms with Gasteiger partial charge < -0.3 is 5.11 Å². The minimum Gasteiger partial charge on any atom is -0.480 e. The number of hydrogen-bond acceptors (Lipinski definition) is 6. The lowest BCUT2D eigenvalue weighted by Crippen LogP contribution is -2.45. The van der Waals surface area contributed by atoms with Gasteiger partial charge >= 0.3 is 5.97 Å². The van der Waals surface area contributed by atoms with E-state index in [4.69, 9.17) is 0 Å². The molecule has 0 aliphatic heterocycles. The first-order valence-electron chi connectivity index (χ1n) is 8.70. The fraction of sp³-hybridized carbons (Fsp3) is 0.412. The van der Waals surface area contributed by atoms with Crippen molar-refractivity contribution in [1.29, 1.82) is 0 Å². The molecule has 0 fully saturated rings. The van der Waals surface area contributed by atoms with Crippen LogP contribution in [0.1, 0.15) is 6.92 Å². The molecule has 0 saturated carbocycles. The van der Waals surface area contributed by atoms with Gasteiger partial charge in [0.25, 0.3) is 0 Å². The summed E-state index contributed by atoms with van der Waals surface area (Å²) in [6, 6.07) is 5.65. The second kappa shape index (κ2) is 9.10. The first kappa shape index (κ1) is 18.8. The quantitative estimate of drug-likeness (QED) is 0.527. The first-order valence-corrected chi connectivity index (χ1v) is 8.70. The molecule has 0 aliphatic rings. The predicted octanol–water partition coefficient (Wildman–Crippen LogP) is 0.626. The maximum Gasteiger partial charge on any atom is 0.317 e. The number of carboxylic acid groups (broad SMARTS) is 1. The minimum absolute atomic E-state index is 0.0540. The van der Waals surface area contributed by atoms with Gasteiger partial charge in [-0.25, -0.2) is 0 Å². The van der Waals surface area contributed by atoms with Crippen molar-refractivity contribution in [3.8, 4) is 0 Å². The van der Waals surface area contributed by atoms with Crippen LogP contribution in [0.3, 0.4) is 0 Å². The largest absolute Gasteiger partial charge is 0.480 e. The number of aliphatic carboxylic acids is 1. The summed E-state index contributed by atoms with van der Waals surface area (Å²) in [7, 11) is 0. The summed E-state index contributed by atoms with van der Waals surface area (Å²) < 4.78 is 5.41. The van der Waals surface area contributed by atoms with Crippen LogP contribution in [-0.4, -0.2) is 69.3 Å². The van der Waals surface area contributed by atoms with Crippen LogP contribution in [0.25, 0.3) is 0 Å². The molecule has 0 aliphatic carbocycles. The highest BCUT2D eigenvalue weighted by atomic mass is 16.4. The summed E-state index contributed by atoms with van der Waals surface area (Å²) in [6.07, 6.45) is 10.8. The molecule has 0 aromatic carbocycles. The lowest BCUT2D eigenvalue weighted by Gasteiger charge is -2.32. The number of hydrogen-bond donors (Lipinski definition) is 1. The number of carboxylic acids is 1. The SMILES string of the molecule is CC(CN(CC(=O)O)Cn1cccn1)N(Cn1cccn1)Cn1cccn1. The summed E-state index contributed by atoms with van der Waals surface area (Å²) in [5.41, 5.74) is 0. The lowest BCUT2D eigenvalue weighted by molar-refractivity contribution is -0.139. The zero-order valence-electron chi connectivity index (χ0n) is 15.2. The van der Waals surface area contributed by atoms with Gasteiger partial charge in [-0.15, -0.1) is 0 Å². The molecule has 0 saturated heterocycles. The molecule has 3 aromatic heterocycles. The van der Waals surface area contributed by atoms with Gasteiger partial charge in [-0.3, -0.25) is 28.6 Å². The third-order valence-corrected chi connectivity index (χ3v) is 4.18. The van der Waals surface area contributed by atoms with Gasteiger partial charge in [-0.1, -0.05) is 0 Å². The highest BCUT2D eigenvalue weighted by Gasteiger charge is 2.20. The fourth-order valence-electron chi connectivity index (χ4n) is 2.91. The highest BCUT2D eigenvalue weighted by Crippen LogP contribution is 2.08. The van der Waals surface area contributed by atoms with E-state index in [9.17, 15) is 9.90 Å². The van der Waals surface area contributed by atoms with Crippen molar-refractivity contribution in [2.75, 3.05) is 13.1 Å². The molecule has 3 heterocycles.